The van der Waals surface area contributed by atoms with E-state index < -0.39 is 0 Å². The average Bonchev–Trinajstić information content (AvgIpc) is 2.75. The number of thiocarbonyl (C=S) groups is 1. The van der Waals surface area contributed by atoms with Crippen molar-refractivity contribution in [3.05, 3.63) is 76.7 Å². The molecule has 0 aromatic heterocycles. The van der Waals surface area contributed by atoms with Crippen LogP contribution in [0.3, 0.4) is 0 Å². The summed E-state index contributed by atoms with van der Waals surface area (Å²) in [5.41, 5.74) is 3.74. The molecule has 1 aliphatic heterocycles. The van der Waals surface area contributed by atoms with Gasteiger partial charge in [-0.25, -0.2) is 4.39 Å². The number of hydrogen-bond donors (Lipinski definition) is 1. The van der Waals surface area contributed by atoms with Gasteiger partial charge in [-0.3, -0.25) is 4.79 Å². The van der Waals surface area contributed by atoms with Crippen LogP contribution >= 0.6 is 12.2 Å². The summed E-state index contributed by atoms with van der Waals surface area (Å²) in [4.78, 5) is 15.0. The van der Waals surface area contributed by atoms with Crippen molar-refractivity contribution in [3.63, 3.8) is 0 Å². The summed E-state index contributed by atoms with van der Waals surface area (Å²) in [6.45, 7) is 3.27. The van der Waals surface area contributed by atoms with Gasteiger partial charge in [0.05, 0.1) is 6.04 Å². The van der Waals surface area contributed by atoms with Crippen LogP contribution in [0.2, 0.25) is 0 Å². The average molecular weight is 425 g/mol. The molecule has 0 saturated heterocycles. The second-order valence-electron chi connectivity index (χ2n) is 7.66. The lowest BCUT2D eigenvalue weighted by Gasteiger charge is -2.41. The topological polar surface area (TPSA) is 41.6 Å². The van der Waals surface area contributed by atoms with E-state index in [0.717, 1.165) is 48.2 Å². The molecule has 30 heavy (non-hydrogen) atoms. The largest absolute Gasteiger partial charge is 0.489 e. The number of hydrogen-bond acceptors (Lipinski definition) is 3. The standard InChI is InChI=1S/C24H25FN2O2S/c1-2-13-27-20-7-4-8-21(28)22(20)23(26-24(27)30)17-5-3-6-19(14-17)29-15-16-9-11-18(25)12-10-16/h3,5-6,9-12,14,23H,2,4,7-8,13,15H2,1H3,(H,26,30). The molecule has 0 radical (unpaired) electrons. The summed E-state index contributed by atoms with van der Waals surface area (Å²) < 4.78 is 19.0. The van der Waals surface area contributed by atoms with E-state index in [-0.39, 0.29) is 17.6 Å². The van der Waals surface area contributed by atoms with Crippen LogP contribution in [0.25, 0.3) is 0 Å². The maximum Gasteiger partial charge on any atom is 0.173 e. The van der Waals surface area contributed by atoms with Gasteiger partial charge in [0.1, 0.15) is 18.2 Å². The highest BCUT2D eigenvalue weighted by atomic mass is 32.1. The summed E-state index contributed by atoms with van der Waals surface area (Å²) in [6.07, 6.45) is 3.28. The molecule has 0 bridgehead atoms. The van der Waals surface area contributed by atoms with Gasteiger partial charge in [0.25, 0.3) is 0 Å². The minimum atomic E-state index is -0.265. The van der Waals surface area contributed by atoms with Crippen LogP contribution in [0.5, 0.6) is 5.75 Å². The Hall–Kier alpha value is -2.73. The van der Waals surface area contributed by atoms with Gasteiger partial charge in [0, 0.05) is 24.2 Å². The van der Waals surface area contributed by atoms with Crippen molar-refractivity contribution in [2.45, 2.75) is 45.3 Å². The van der Waals surface area contributed by atoms with Crippen molar-refractivity contribution in [2.24, 2.45) is 0 Å². The van der Waals surface area contributed by atoms with E-state index in [1.54, 1.807) is 12.1 Å². The van der Waals surface area contributed by atoms with Crippen molar-refractivity contribution < 1.29 is 13.9 Å². The highest BCUT2D eigenvalue weighted by molar-refractivity contribution is 7.80. The first kappa shape index (κ1) is 20.5. The van der Waals surface area contributed by atoms with E-state index in [1.807, 2.05) is 24.3 Å². The highest BCUT2D eigenvalue weighted by Crippen LogP contribution is 2.38. The Morgan fingerprint density at radius 1 is 1.20 bits per heavy atom. The summed E-state index contributed by atoms with van der Waals surface area (Å²) in [5, 5.41) is 4.06. The number of halogens is 1. The monoisotopic (exact) mass is 424 g/mol. The highest BCUT2D eigenvalue weighted by Gasteiger charge is 2.36. The van der Waals surface area contributed by atoms with Crippen molar-refractivity contribution in [1.29, 1.82) is 0 Å². The number of benzene rings is 2. The quantitative estimate of drug-likeness (QED) is 0.657. The molecular formula is C24H25FN2O2S. The van der Waals surface area contributed by atoms with Crippen LogP contribution in [0.15, 0.2) is 59.8 Å². The lowest BCUT2D eigenvalue weighted by molar-refractivity contribution is -0.116. The van der Waals surface area contributed by atoms with Gasteiger partial charge >= 0.3 is 0 Å². The molecule has 4 nitrogen and oxygen atoms in total. The van der Waals surface area contributed by atoms with Gasteiger partial charge in [-0.15, -0.1) is 0 Å². The second-order valence-corrected chi connectivity index (χ2v) is 8.05. The lowest BCUT2D eigenvalue weighted by atomic mass is 9.84. The summed E-state index contributed by atoms with van der Waals surface area (Å²) in [5.74, 6) is 0.624. The Morgan fingerprint density at radius 3 is 2.77 bits per heavy atom. The molecule has 0 saturated carbocycles. The zero-order valence-corrected chi connectivity index (χ0v) is 17.8. The molecule has 0 amide bonds. The maximum atomic E-state index is 13.1. The predicted molar refractivity (Wildman–Crippen MR) is 119 cm³/mol. The number of ketones is 1. The molecule has 1 aliphatic carbocycles. The normalized spacial score (nSPS) is 18.9. The van der Waals surface area contributed by atoms with Gasteiger partial charge in [-0.05, 0) is 66.9 Å². The number of rotatable bonds is 6. The third-order valence-electron chi connectivity index (χ3n) is 5.51. The molecule has 2 aromatic rings. The fourth-order valence-electron chi connectivity index (χ4n) is 4.09. The summed E-state index contributed by atoms with van der Waals surface area (Å²) in [6, 6.07) is 13.8. The molecule has 1 atom stereocenters. The molecule has 2 aliphatic rings. The first-order valence-corrected chi connectivity index (χ1v) is 10.8. The Labute approximate surface area is 181 Å². The zero-order valence-electron chi connectivity index (χ0n) is 17.0. The van der Waals surface area contributed by atoms with Crippen LogP contribution in [-0.2, 0) is 11.4 Å². The maximum absolute atomic E-state index is 13.1. The number of allylic oxidation sites excluding steroid dienone is 1. The molecule has 4 rings (SSSR count). The van der Waals surface area contributed by atoms with E-state index in [9.17, 15) is 9.18 Å². The van der Waals surface area contributed by atoms with E-state index in [2.05, 4.69) is 17.1 Å². The van der Waals surface area contributed by atoms with E-state index >= 15 is 0 Å². The molecule has 6 heteroatoms. The number of nitrogens with zero attached hydrogens (tertiary/aromatic N) is 1. The molecule has 0 spiro atoms. The molecule has 156 valence electrons. The van der Waals surface area contributed by atoms with Gasteiger partial charge in [0.15, 0.2) is 10.9 Å². The third-order valence-corrected chi connectivity index (χ3v) is 5.85. The van der Waals surface area contributed by atoms with E-state index in [1.165, 1.54) is 12.1 Å². The van der Waals surface area contributed by atoms with Gasteiger partial charge in [-0.2, -0.15) is 0 Å². The van der Waals surface area contributed by atoms with Crippen molar-refractivity contribution in [1.82, 2.24) is 10.2 Å². The van der Waals surface area contributed by atoms with Gasteiger partial charge in [-0.1, -0.05) is 31.2 Å². The van der Waals surface area contributed by atoms with Crippen LogP contribution in [0.4, 0.5) is 4.39 Å². The summed E-state index contributed by atoms with van der Waals surface area (Å²) in [7, 11) is 0. The van der Waals surface area contributed by atoms with Crippen molar-refractivity contribution >= 4 is 23.1 Å². The number of Topliss-reactive ketones (excluding diaryl/α,β-unsaturated/α-hetero) is 1. The molecule has 1 N–H and O–H groups in total. The Balaban J connectivity index is 1.60. The number of carbonyl (C=O) groups is 1. The van der Waals surface area contributed by atoms with Crippen LogP contribution < -0.4 is 10.1 Å². The number of nitrogens with one attached hydrogen (secondary N) is 1. The lowest BCUT2D eigenvalue weighted by Crippen LogP contribution is -2.49. The zero-order chi connectivity index (χ0) is 21.1. The van der Waals surface area contributed by atoms with Gasteiger partial charge in [0.2, 0.25) is 0 Å². The van der Waals surface area contributed by atoms with Crippen LogP contribution in [0, 0.1) is 5.82 Å². The molecule has 2 aromatic carbocycles. The molecule has 1 heterocycles. The Kier molecular flexibility index (Phi) is 6.13. The number of carbonyl (C=O) groups excluding carboxylic acids is 1. The van der Waals surface area contributed by atoms with Crippen LogP contribution in [-0.4, -0.2) is 22.3 Å². The van der Waals surface area contributed by atoms with Crippen LogP contribution in [0.1, 0.15) is 49.8 Å². The molecule has 0 fully saturated rings. The minimum absolute atomic E-state index is 0.190. The third kappa shape index (κ3) is 4.24. The first-order valence-electron chi connectivity index (χ1n) is 10.4. The fraction of sp³-hybridized carbons (Fsp3) is 0.333. The molecular weight excluding hydrogens is 399 g/mol. The second kappa shape index (κ2) is 8.96. The van der Waals surface area contributed by atoms with Crippen molar-refractivity contribution in [3.8, 4) is 5.75 Å². The summed E-state index contributed by atoms with van der Waals surface area (Å²) >= 11 is 5.64. The first-order chi connectivity index (χ1) is 14.6. The SMILES string of the molecule is CCCN1C(=S)NC(c2cccc(OCc3ccc(F)cc3)c2)C2=C1CCCC2=O. The number of ether oxygens (including phenoxy) is 1. The minimum Gasteiger partial charge on any atom is -0.489 e. The smallest absolute Gasteiger partial charge is 0.173 e. The van der Waals surface area contributed by atoms with Gasteiger partial charge < -0.3 is 15.0 Å². The fourth-order valence-corrected chi connectivity index (χ4v) is 4.41. The predicted octanol–water partition coefficient (Wildman–Crippen LogP) is 5.05. The van der Waals surface area contributed by atoms with Crippen molar-refractivity contribution in [2.75, 3.05) is 6.54 Å². The van der Waals surface area contributed by atoms with E-state index in [4.69, 9.17) is 17.0 Å². The Bertz CT molecular complexity index is 987. The van der Waals surface area contributed by atoms with E-state index in [0.29, 0.717) is 23.9 Å². The molecule has 1 unspecified atom stereocenters. The Morgan fingerprint density at radius 2 is 2.00 bits per heavy atom.